The summed E-state index contributed by atoms with van der Waals surface area (Å²) in [7, 11) is 0. The summed E-state index contributed by atoms with van der Waals surface area (Å²) in [6, 6.07) is 6.17. The number of halogens is 1. The Balaban J connectivity index is 2.34. The lowest BCUT2D eigenvalue weighted by Crippen LogP contribution is -2.43. The number of hydrogen-bond acceptors (Lipinski definition) is 4. The molecule has 7 heteroatoms. The smallest absolute Gasteiger partial charge is 0.326 e. The Hall–Kier alpha value is -1.37. The molecule has 1 aromatic carbocycles. The van der Waals surface area contributed by atoms with Crippen molar-refractivity contribution in [1.82, 2.24) is 4.90 Å². The number of nitrogens with zero attached hydrogens (tertiary/aromatic N) is 1. The summed E-state index contributed by atoms with van der Waals surface area (Å²) in [5, 5.41) is 9.71. The molecule has 1 heterocycles. The van der Waals surface area contributed by atoms with Gasteiger partial charge in [-0.3, -0.25) is 9.69 Å². The molecule has 0 saturated carbocycles. The summed E-state index contributed by atoms with van der Waals surface area (Å²) in [5.74, 6) is -1.45. The molecule has 0 bridgehead atoms. The van der Waals surface area contributed by atoms with Gasteiger partial charge in [0, 0.05) is 5.02 Å². The van der Waals surface area contributed by atoms with E-state index in [-0.39, 0.29) is 10.2 Å². The first kappa shape index (κ1) is 16.0. The zero-order valence-electron chi connectivity index (χ0n) is 11.1. The van der Waals surface area contributed by atoms with Crippen LogP contribution in [-0.2, 0) is 9.59 Å². The van der Waals surface area contributed by atoms with Gasteiger partial charge >= 0.3 is 5.97 Å². The SMILES string of the molecule is CCC(C(=O)O)N1C(=O)/C(=C/c2ccccc2Cl)SC1=S. The van der Waals surface area contributed by atoms with Crippen LogP contribution in [0.5, 0.6) is 0 Å². The van der Waals surface area contributed by atoms with Crippen molar-refractivity contribution in [3.63, 3.8) is 0 Å². The van der Waals surface area contributed by atoms with Crippen LogP contribution in [0.2, 0.25) is 5.02 Å². The maximum absolute atomic E-state index is 12.4. The highest BCUT2D eigenvalue weighted by atomic mass is 35.5. The van der Waals surface area contributed by atoms with E-state index in [9.17, 15) is 14.7 Å². The molecule has 0 aromatic heterocycles. The number of amides is 1. The molecule has 1 fully saturated rings. The molecule has 110 valence electrons. The maximum Gasteiger partial charge on any atom is 0.326 e. The summed E-state index contributed by atoms with van der Waals surface area (Å²) < 4.78 is 0.257. The van der Waals surface area contributed by atoms with E-state index >= 15 is 0 Å². The van der Waals surface area contributed by atoms with Gasteiger partial charge in [0.1, 0.15) is 10.4 Å². The molecular formula is C14H12ClNO3S2. The Morgan fingerprint density at radius 1 is 1.52 bits per heavy atom. The maximum atomic E-state index is 12.4. The lowest BCUT2D eigenvalue weighted by molar-refractivity contribution is -0.145. The number of thiocarbonyl (C=S) groups is 1. The second-order valence-electron chi connectivity index (χ2n) is 4.34. The molecule has 1 unspecified atom stereocenters. The van der Waals surface area contributed by atoms with Crippen molar-refractivity contribution in [1.29, 1.82) is 0 Å². The fourth-order valence-corrected chi connectivity index (χ4v) is 3.49. The highest BCUT2D eigenvalue weighted by Crippen LogP contribution is 2.35. The summed E-state index contributed by atoms with van der Waals surface area (Å²) in [6.45, 7) is 1.70. The molecule has 0 aliphatic carbocycles. The minimum Gasteiger partial charge on any atom is -0.480 e. The van der Waals surface area contributed by atoms with E-state index in [1.165, 1.54) is 0 Å². The van der Waals surface area contributed by atoms with Gasteiger partial charge in [-0.25, -0.2) is 4.79 Å². The Kier molecular flexibility index (Phi) is 5.03. The second kappa shape index (κ2) is 6.60. The first-order valence-electron chi connectivity index (χ1n) is 6.20. The average Bonchev–Trinajstić information content (AvgIpc) is 2.70. The van der Waals surface area contributed by atoms with Gasteiger partial charge < -0.3 is 5.11 Å². The summed E-state index contributed by atoms with van der Waals surface area (Å²) in [4.78, 5) is 25.1. The molecule has 1 N–H and O–H groups in total. The second-order valence-corrected chi connectivity index (χ2v) is 6.42. The van der Waals surface area contributed by atoms with Gasteiger partial charge in [0.15, 0.2) is 0 Å². The fraction of sp³-hybridized carbons (Fsp3) is 0.214. The van der Waals surface area contributed by atoms with Crippen molar-refractivity contribution >= 4 is 57.9 Å². The summed E-state index contributed by atoms with van der Waals surface area (Å²) >= 11 is 12.3. The number of carboxylic acid groups (broad SMARTS) is 1. The average molecular weight is 342 g/mol. The largest absolute Gasteiger partial charge is 0.480 e. The van der Waals surface area contributed by atoms with Crippen LogP contribution in [0.15, 0.2) is 29.2 Å². The predicted molar refractivity (Wildman–Crippen MR) is 88.2 cm³/mol. The fourth-order valence-electron chi connectivity index (χ4n) is 1.95. The summed E-state index contributed by atoms with van der Waals surface area (Å²) in [6.07, 6.45) is 1.93. The molecule has 1 amide bonds. The van der Waals surface area contributed by atoms with Gasteiger partial charge in [0.2, 0.25) is 0 Å². The molecule has 0 radical (unpaired) electrons. The number of carbonyl (C=O) groups is 2. The number of carbonyl (C=O) groups excluding carboxylic acids is 1. The normalized spacial score (nSPS) is 18.4. The van der Waals surface area contributed by atoms with Crippen molar-refractivity contribution in [2.24, 2.45) is 0 Å². The minimum absolute atomic E-state index is 0.257. The number of benzene rings is 1. The number of thioether (sulfide) groups is 1. The van der Waals surface area contributed by atoms with Gasteiger partial charge in [0.05, 0.1) is 4.91 Å². The predicted octanol–water partition coefficient (Wildman–Crippen LogP) is 3.40. The van der Waals surface area contributed by atoms with E-state index in [1.54, 1.807) is 31.2 Å². The minimum atomic E-state index is -1.06. The van der Waals surface area contributed by atoms with Crippen molar-refractivity contribution in [3.8, 4) is 0 Å². The van der Waals surface area contributed by atoms with Crippen molar-refractivity contribution in [2.75, 3.05) is 0 Å². The van der Waals surface area contributed by atoms with Crippen molar-refractivity contribution in [3.05, 3.63) is 39.8 Å². The third-order valence-corrected chi connectivity index (χ3v) is 4.67. The molecule has 1 aromatic rings. The standard InChI is InChI=1S/C14H12ClNO3S2/c1-2-10(13(18)19)16-12(17)11(21-14(16)20)7-8-5-3-4-6-9(8)15/h3-7,10H,2H2,1H3,(H,18,19)/b11-7-. The zero-order chi connectivity index (χ0) is 15.6. The van der Waals surface area contributed by atoms with Crippen LogP contribution in [0.4, 0.5) is 0 Å². The lowest BCUT2D eigenvalue weighted by Gasteiger charge is -2.21. The quantitative estimate of drug-likeness (QED) is 0.672. The number of carboxylic acids is 1. The van der Waals surface area contributed by atoms with Gasteiger partial charge in [-0.1, -0.05) is 60.7 Å². The third-order valence-electron chi connectivity index (χ3n) is 3.00. The van der Waals surface area contributed by atoms with Gasteiger partial charge in [-0.2, -0.15) is 0 Å². The van der Waals surface area contributed by atoms with Gasteiger partial charge in [-0.05, 0) is 24.1 Å². The summed E-state index contributed by atoms with van der Waals surface area (Å²) in [5.41, 5.74) is 0.697. The Morgan fingerprint density at radius 2 is 2.19 bits per heavy atom. The molecule has 1 atom stereocenters. The third kappa shape index (κ3) is 3.28. The molecule has 2 rings (SSSR count). The van der Waals surface area contributed by atoms with Crippen molar-refractivity contribution < 1.29 is 14.7 Å². The lowest BCUT2D eigenvalue weighted by atomic mass is 10.2. The first-order chi connectivity index (χ1) is 9.95. The van der Waals surface area contributed by atoms with E-state index < -0.39 is 12.0 Å². The van der Waals surface area contributed by atoms with Crippen LogP contribution < -0.4 is 0 Å². The molecule has 1 aliphatic heterocycles. The Morgan fingerprint density at radius 3 is 2.76 bits per heavy atom. The highest BCUT2D eigenvalue weighted by molar-refractivity contribution is 8.26. The van der Waals surface area contributed by atoms with Crippen LogP contribution in [0.3, 0.4) is 0 Å². The number of rotatable bonds is 4. The van der Waals surface area contributed by atoms with E-state index in [0.717, 1.165) is 16.7 Å². The van der Waals surface area contributed by atoms with Crippen LogP contribution in [0, 0.1) is 0 Å². The van der Waals surface area contributed by atoms with Gasteiger partial charge in [0.25, 0.3) is 5.91 Å². The van der Waals surface area contributed by atoms with E-state index in [1.807, 2.05) is 6.07 Å². The monoisotopic (exact) mass is 341 g/mol. The zero-order valence-corrected chi connectivity index (χ0v) is 13.5. The number of hydrogen-bond donors (Lipinski definition) is 1. The topological polar surface area (TPSA) is 57.6 Å². The molecular weight excluding hydrogens is 330 g/mol. The molecule has 1 saturated heterocycles. The molecule has 0 spiro atoms. The van der Waals surface area contributed by atoms with Crippen molar-refractivity contribution in [2.45, 2.75) is 19.4 Å². The van der Waals surface area contributed by atoms with Crippen LogP contribution in [0.25, 0.3) is 6.08 Å². The first-order valence-corrected chi connectivity index (χ1v) is 7.80. The molecule has 21 heavy (non-hydrogen) atoms. The van der Waals surface area contributed by atoms with E-state index in [2.05, 4.69) is 0 Å². The van der Waals surface area contributed by atoms with Crippen LogP contribution in [-0.4, -0.2) is 32.2 Å². The Labute approximate surface area is 136 Å². The number of aliphatic carboxylic acids is 1. The Bertz CT molecular complexity index is 645. The van der Waals surface area contributed by atoms with Gasteiger partial charge in [-0.15, -0.1) is 0 Å². The van der Waals surface area contributed by atoms with Crippen LogP contribution in [0.1, 0.15) is 18.9 Å². The highest BCUT2D eigenvalue weighted by Gasteiger charge is 2.39. The van der Waals surface area contributed by atoms with E-state index in [0.29, 0.717) is 21.9 Å². The van der Waals surface area contributed by atoms with E-state index in [4.69, 9.17) is 23.8 Å². The van der Waals surface area contributed by atoms with Crippen LogP contribution >= 0.6 is 35.6 Å². The molecule has 4 nitrogen and oxygen atoms in total. The molecule has 1 aliphatic rings.